The molecule has 16 heavy (non-hydrogen) atoms. The second-order valence-corrected chi connectivity index (χ2v) is 3.55. The molecule has 1 amide bonds. The fourth-order valence-electron chi connectivity index (χ4n) is 1.24. The number of nitrogens with zero attached hydrogens (tertiary/aromatic N) is 3. The predicted molar refractivity (Wildman–Crippen MR) is 58.7 cm³/mol. The normalized spacial score (nSPS) is 11.6. The second kappa shape index (κ2) is 5.21. The van der Waals surface area contributed by atoms with E-state index in [-0.39, 0.29) is 5.91 Å². The Morgan fingerprint density at radius 3 is 2.81 bits per heavy atom. The highest BCUT2D eigenvalue weighted by Crippen LogP contribution is 2.05. The van der Waals surface area contributed by atoms with Crippen molar-refractivity contribution in [3.63, 3.8) is 0 Å². The van der Waals surface area contributed by atoms with Crippen LogP contribution in [0.2, 0.25) is 0 Å². The van der Waals surface area contributed by atoms with Gasteiger partial charge in [-0.3, -0.25) is 4.79 Å². The first-order valence-electron chi connectivity index (χ1n) is 5.10. The van der Waals surface area contributed by atoms with Gasteiger partial charge < -0.3 is 5.32 Å². The molecule has 0 fully saturated rings. The third-order valence-corrected chi connectivity index (χ3v) is 2.21. The van der Waals surface area contributed by atoms with Gasteiger partial charge in [0.1, 0.15) is 6.04 Å². The summed E-state index contributed by atoms with van der Waals surface area (Å²) in [5.41, 5.74) is 1.72. The Hall–Kier alpha value is -1.96. The van der Waals surface area contributed by atoms with Crippen LogP contribution < -0.4 is 5.32 Å². The topological polar surface area (TPSA) is 78.7 Å². The molecule has 1 N–H and O–H groups in total. The molecule has 0 aliphatic heterocycles. The SMILES string of the molecule is CCC(C#N)NC(=O)c1cc(C)nnc1C. The molecule has 5 nitrogen and oxygen atoms in total. The van der Waals surface area contributed by atoms with E-state index < -0.39 is 6.04 Å². The first-order chi connectivity index (χ1) is 7.58. The maximum atomic E-state index is 11.8. The molecule has 0 saturated heterocycles. The highest BCUT2D eigenvalue weighted by molar-refractivity contribution is 5.95. The molecule has 1 aromatic rings. The summed E-state index contributed by atoms with van der Waals surface area (Å²) < 4.78 is 0. The number of carbonyl (C=O) groups is 1. The van der Waals surface area contributed by atoms with Gasteiger partial charge in [-0.05, 0) is 26.3 Å². The Morgan fingerprint density at radius 1 is 1.56 bits per heavy atom. The van der Waals surface area contributed by atoms with E-state index in [9.17, 15) is 4.79 Å². The minimum absolute atomic E-state index is 0.274. The van der Waals surface area contributed by atoms with E-state index in [1.807, 2.05) is 13.0 Å². The zero-order valence-corrected chi connectivity index (χ0v) is 9.61. The smallest absolute Gasteiger partial charge is 0.254 e. The van der Waals surface area contributed by atoms with Crippen molar-refractivity contribution < 1.29 is 4.79 Å². The number of aromatic nitrogens is 2. The summed E-state index contributed by atoms with van der Waals surface area (Å²) >= 11 is 0. The van der Waals surface area contributed by atoms with Crippen LogP contribution in [0.5, 0.6) is 0 Å². The van der Waals surface area contributed by atoms with E-state index in [2.05, 4.69) is 15.5 Å². The number of carbonyl (C=O) groups excluding carboxylic acids is 1. The molecule has 1 aromatic heterocycles. The summed E-state index contributed by atoms with van der Waals surface area (Å²) in [5.74, 6) is -0.274. The molecule has 0 spiro atoms. The van der Waals surface area contributed by atoms with Gasteiger partial charge in [0, 0.05) is 0 Å². The summed E-state index contributed by atoms with van der Waals surface area (Å²) in [6.45, 7) is 5.33. The molecule has 1 unspecified atom stereocenters. The predicted octanol–water partition coefficient (Wildman–Crippen LogP) is 1.13. The van der Waals surface area contributed by atoms with Crippen LogP contribution in [0.4, 0.5) is 0 Å². The molecule has 0 aliphatic rings. The third kappa shape index (κ3) is 2.76. The Kier molecular flexibility index (Phi) is 3.95. The van der Waals surface area contributed by atoms with Gasteiger partial charge in [-0.25, -0.2) is 0 Å². The van der Waals surface area contributed by atoms with E-state index >= 15 is 0 Å². The number of rotatable bonds is 3. The van der Waals surface area contributed by atoms with Crippen LogP contribution >= 0.6 is 0 Å². The van der Waals surface area contributed by atoms with Crippen LogP contribution in [-0.4, -0.2) is 22.1 Å². The van der Waals surface area contributed by atoms with Crippen LogP contribution in [0.1, 0.15) is 35.1 Å². The van der Waals surface area contributed by atoms with Crippen molar-refractivity contribution in [3.05, 3.63) is 23.0 Å². The molecule has 0 saturated carbocycles. The first-order valence-corrected chi connectivity index (χ1v) is 5.10. The number of amides is 1. The molecule has 1 atom stereocenters. The Bertz CT molecular complexity index is 436. The average molecular weight is 218 g/mol. The lowest BCUT2D eigenvalue weighted by Crippen LogP contribution is -2.33. The molecular weight excluding hydrogens is 204 g/mol. The Labute approximate surface area is 94.5 Å². The standard InChI is InChI=1S/C11H14N4O/c1-4-9(6-12)13-11(16)10-5-7(2)14-15-8(10)3/h5,9H,4H2,1-3H3,(H,13,16). The first kappa shape index (κ1) is 12.1. The summed E-state index contributed by atoms with van der Waals surface area (Å²) in [4.78, 5) is 11.8. The zero-order chi connectivity index (χ0) is 12.1. The maximum absolute atomic E-state index is 11.8. The van der Waals surface area contributed by atoms with Crippen LogP contribution in [0.3, 0.4) is 0 Å². The quantitative estimate of drug-likeness (QED) is 0.824. The van der Waals surface area contributed by atoms with Crippen molar-refractivity contribution in [2.75, 3.05) is 0 Å². The van der Waals surface area contributed by atoms with Gasteiger partial charge in [-0.2, -0.15) is 15.5 Å². The van der Waals surface area contributed by atoms with Gasteiger partial charge in [0.15, 0.2) is 0 Å². The monoisotopic (exact) mass is 218 g/mol. The van der Waals surface area contributed by atoms with Gasteiger partial charge in [-0.1, -0.05) is 6.92 Å². The van der Waals surface area contributed by atoms with E-state index in [1.165, 1.54) is 0 Å². The second-order valence-electron chi connectivity index (χ2n) is 3.55. The summed E-state index contributed by atoms with van der Waals surface area (Å²) in [6.07, 6.45) is 0.582. The third-order valence-electron chi connectivity index (χ3n) is 2.21. The molecular formula is C11H14N4O. The van der Waals surface area contributed by atoms with Crippen LogP contribution in [-0.2, 0) is 0 Å². The summed E-state index contributed by atoms with van der Waals surface area (Å²) in [6, 6.07) is 3.23. The lowest BCUT2D eigenvalue weighted by atomic mass is 10.1. The number of nitrogens with one attached hydrogen (secondary N) is 1. The van der Waals surface area contributed by atoms with E-state index in [0.29, 0.717) is 23.4 Å². The van der Waals surface area contributed by atoms with E-state index in [1.54, 1.807) is 19.9 Å². The van der Waals surface area contributed by atoms with Crippen molar-refractivity contribution >= 4 is 5.91 Å². The number of hydrogen-bond donors (Lipinski definition) is 1. The lowest BCUT2D eigenvalue weighted by molar-refractivity contribution is 0.0943. The van der Waals surface area contributed by atoms with Crippen molar-refractivity contribution in [1.29, 1.82) is 5.26 Å². The Morgan fingerprint density at radius 2 is 2.25 bits per heavy atom. The molecule has 1 heterocycles. The summed E-state index contributed by atoms with van der Waals surface area (Å²) in [5, 5.41) is 19.1. The number of hydrogen-bond acceptors (Lipinski definition) is 4. The van der Waals surface area contributed by atoms with Crippen molar-refractivity contribution in [1.82, 2.24) is 15.5 Å². The largest absolute Gasteiger partial charge is 0.336 e. The number of nitriles is 1. The fraction of sp³-hybridized carbons (Fsp3) is 0.455. The maximum Gasteiger partial charge on any atom is 0.254 e. The highest BCUT2D eigenvalue weighted by Gasteiger charge is 2.14. The molecule has 0 bridgehead atoms. The van der Waals surface area contributed by atoms with Crippen molar-refractivity contribution in [2.24, 2.45) is 0 Å². The minimum Gasteiger partial charge on any atom is -0.336 e. The average Bonchev–Trinajstić information content (AvgIpc) is 2.28. The molecule has 0 aromatic carbocycles. The minimum atomic E-state index is -0.458. The van der Waals surface area contributed by atoms with Gasteiger partial charge in [0.25, 0.3) is 5.91 Å². The summed E-state index contributed by atoms with van der Waals surface area (Å²) in [7, 11) is 0. The van der Waals surface area contributed by atoms with Gasteiger partial charge in [0.2, 0.25) is 0 Å². The van der Waals surface area contributed by atoms with Crippen molar-refractivity contribution in [2.45, 2.75) is 33.2 Å². The van der Waals surface area contributed by atoms with E-state index in [4.69, 9.17) is 5.26 Å². The molecule has 5 heteroatoms. The molecule has 0 aliphatic carbocycles. The van der Waals surface area contributed by atoms with Crippen LogP contribution in [0, 0.1) is 25.2 Å². The van der Waals surface area contributed by atoms with Gasteiger partial charge in [0.05, 0.1) is 23.0 Å². The fourth-order valence-corrected chi connectivity index (χ4v) is 1.24. The molecule has 84 valence electrons. The molecule has 1 rings (SSSR count). The lowest BCUT2D eigenvalue weighted by Gasteiger charge is -2.10. The van der Waals surface area contributed by atoms with Gasteiger partial charge >= 0.3 is 0 Å². The van der Waals surface area contributed by atoms with Crippen molar-refractivity contribution in [3.8, 4) is 6.07 Å². The van der Waals surface area contributed by atoms with Gasteiger partial charge in [-0.15, -0.1) is 0 Å². The van der Waals surface area contributed by atoms with Crippen LogP contribution in [0.25, 0.3) is 0 Å². The zero-order valence-electron chi connectivity index (χ0n) is 9.61. The van der Waals surface area contributed by atoms with E-state index in [0.717, 1.165) is 0 Å². The highest BCUT2D eigenvalue weighted by atomic mass is 16.1. The van der Waals surface area contributed by atoms with Crippen LogP contribution in [0.15, 0.2) is 6.07 Å². The Balaban J connectivity index is 2.89. The molecule has 0 radical (unpaired) electrons. The number of aryl methyl sites for hydroxylation is 2.